The molecule has 4 heteroatoms. The summed E-state index contributed by atoms with van der Waals surface area (Å²) in [5, 5.41) is 4.07. The van der Waals surface area contributed by atoms with Crippen LogP contribution < -0.4 is 15.8 Å². The first-order valence-electron chi connectivity index (χ1n) is 19.2. The Morgan fingerprint density at radius 1 is 0.473 bits per heavy atom. The number of hydrogen-bond acceptors (Lipinski definition) is 2. The number of thiophene rings is 1. The van der Waals surface area contributed by atoms with Gasteiger partial charge in [0.25, 0.3) is 0 Å². The molecule has 1 spiro atoms. The average Bonchev–Trinajstić information content (AvgIpc) is 3.89. The molecule has 0 atom stereocenters. The van der Waals surface area contributed by atoms with Crippen molar-refractivity contribution in [3.05, 3.63) is 198 Å². The van der Waals surface area contributed by atoms with E-state index in [1.54, 1.807) is 0 Å². The molecule has 2 nitrogen and oxygen atoms in total. The molecular formula is C51H29BN2S. The quantitative estimate of drug-likeness (QED) is 0.154. The highest BCUT2D eigenvalue weighted by Gasteiger charge is 2.55. The number of aromatic nitrogens is 1. The second kappa shape index (κ2) is 9.92. The van der Waals surface area contributed by atoms with E-state index in [-0.39, 0.29) is 6.85 Å². The van der Waals surface area contributed by atoms with Crippen molar-refractivity contribution < 1.29 is 0 Å². The number of benzene rings is 8. The molecule has 0 bridgehead atoms. The lowest BCUT2D eigenvalue weighted by Crippen LogP contribution is -2.58. The fourth-order valence-corrected chi connectivity index (χ4v) is 12.5. The van der Waals surface area contributed by atoms with Crippen LogP contribution in [0.2, 0.25) is 0 Å². The van der Waals surface area contributed by atoms with E-state index in [4.69, 9.17) is 0 Å². The second-order valence-electron chi connectivity index (χ2n) is 15.5. The molecule has 2 aromatic heterocycles. The molecule has 55 heavy (non-hydrogen) atoms. The summed E-state index contributed by atoms with van der Waals surface area (Å²) in [6.07, 6.45) is 0. The van der Waals surface area contributed by atoms with Crippen molar-refractivity contribution >= 4 is 77.4 Å². The summed E-state index contributed by atoms with van der Waals surface area (Å²) >= 11 is 1.94. The molecule has 10 aromatic rings. The number of anilines is 3. The smallest absolute Gasteiger partial charge is 0.333 e. The molecule has 0 amide bonds. The van der Waals surface area contributed by atoms with Crippen LogP contribution in [0.25, 0.3) is 64.6 Å². The van der Waals surface area contributed by atoms with Crippen LogP contribution in [0, 0.1) is 0 Å². The first-order valence-corrected chi connectivity index (χ1v) is 20.0. The molecule has 0 radical (unpaired) electrons. The fraction of sp³-hybridized carbons (Fsp3) is 0.0196. The third-order valence-corrected chi connectivity index (χ3v) is 14.3. The van der Waals surface area contributed by atoms with Gasteiger partial charge in [0, 0.05) is 43.3 Å². The molecule has 3 aliphatic heterocycles. The van der Waals surface area contributed by atoms with Gasteiger partial charge in [0.1, 0.15) is 0 Å². The highest BCUT2D eigenvalue weighted by atomic mass is 32.1. The number of nitrogens with zero attached hydrogens (tertiary/aromatic N) is 2. The molecular weight excluding hydrogens is 683 g/mol. The number of para-hydroxylation sites is 3. The van der Waals surface area contributed by atoms with Crippen LogP contribution in [0.1, 0.15) is 22.3 Å². The maximum absolute atomic E-state index is 2.73. The van der Waals surface area contributed by atoms with Gasteiger partial charge in [0.2, 0.25) is 0 Å². The van der Waals surface area contributed by atoms with Gasteiger partial charge in [-0.3, -0.25) is 0 Å². The van der Waals surface area contributed by atoms with E-state index in [9.17, 15) is 0 Å². The summed E-state index contributed by atoms with van der Waals surface area (Å²) in [5.41, 5.74) is 20.7. The summed E-state index contributed by atoms with van der Waals surface area (Å²) in [4.78, 5) is 4.00. The van der Waals surface area contributed by atoms with E-state index >= 15 is 0 Å². The van der Waals surface area contributed by atoms with Crippen molar-refractivity contribution in [3.8, 4) is 33.4 Å². The number of hydrogen-bond donors (Lipinski definition) is 0. The van der Waals surface area contributed by atoms with Gasteiger partial charge in [-0.25, -0.2) is 0 Å². The van der Waals surface area contributed by atoms with Gasteiger partial charge in [-0.15, -0.1) is 11.3 Å². The van der Waals surface area contributed by atoms with E-state index < -0.39 is 5.41 Å². The lowest BCUT2D eigenvalue weighted by molar-refractivity contribution is 0.753. The van der Waals surface area contributed by atoms with Crippen LogP contribution in [0.3, 0.4) is 0 Å². The summed E-state index contributed by atoms with van der Waals surface area (Å²) in [5.74, 6) is 0. The van der Waals surface area contributed by atoms with Crippen molar-refractivity contribution in [2.75, 3.05) is 4.90 Å². The highest BCUT2D eigenvalue weighted by Crippen LogP contribution is 2.64. The minimum Gasteiger partial charge on any atom is -0.367 e. The maximum Gasteiger partial charge on any atom is 0.333 e. The molecule has 14 rings (SSSR count). The third kappa shape index (κ3) is 3.25. The molecule has 0 saturated carbocycles. The molecule has 0 unspecified atom stereocenters. The largest absolute Gasteiger partial charge is 0.367 e. The van der Waals surface area contributed by atoms with Crippen LogP contribution in [0.4, 0.5) is 17.1 Å². The second-order valence-corrected chi connectivity index (χ2v) is 16.5. The Kier molecular flexibility index (Phi) is 5.20. The Morgan fingerprint density at radius 3 is 1.96 bits per heavy atom. The van der Waals surface area contributed by atoms with Crippen molar-refractivity contribution in [1.82, 2.24) is 4.48 Å². The molecule has 0 saturated heterocycles. The Bertz CT molecular complexity index is 3310. The van der Waals surface area contributed by atoms with Gasteiger partial charge in [-0.05, 0) is 85.3 Å². The van der Waals surface area contributed by atoms with E-state index in [2.05, 4.69) is 185 Å². The monoisotopic (exact) mass is 712 g/mol. The first-order chi connectivity index (χ1) is 27.3. The lowest BCUT2D eigenvalue weighted by Gasteiger charge is -2.49. The predicted molar refractivity (Wildman–Crippen MR) is 232 cm³/mol. The van der Waals surface area contributed by atoms with Crippen LogP contribution in [-0.4, -0.2) is 11.3 Å². The van der Waals surface area contributed by atoms with E-state index in [0.29, 0.717) is 0 Å². The summed E-state index contributed by atoms with van der Waals surface area (Å²) in [7, 11) is 0. The van der Waals surface area contributed by atoms with E-state index in [1.165, 1.54) is 115 Å². The Morgan fingerprint density at radius 2 is 1.13 bits per heavy atom. The molecule has 4 aliphatic rings. The van der Waals surface area contributed by atoms with Crippen LogP contribution in [0.5, 0.6) is 0 Å². The molecule has 1 aliphatic carbocycles. The molecule has 0 N–H and O–H groups in total. The molecule has 252 valence electrons. The Balaban J connectivity index is 1.20. The SMILES string of the molecule is c1ccc(-c2cc3c4c(c2)N2c5ccccc5C5(c6ccccc6-c6ccccc65)c5cccc(c52)B4n2c4sc5ccccc5c4c4cccc-3c42)cc1. The fourth-order valence-electron chi connectivity index (χ4n) is 11.2. The zero-order valence-electron chi connectivity index (χ0n) is 29.6. The highest BCUT2D eigenvalue weighted by molar-refractivity contribution is 7.26. The van der Waals surface area contributed by atoms with E-state index in [1.807, 2.05) is 11.3 Å². The van der Waals surface area contributed by atoms with Crippen molar-refractivity contribution in [1.29, 1.82) is 0 Å². The van der Waals surface area contributed by atoms with Gasteiger partial charge in [0.05, 0.1) is 15.9 Å². The summed E-state index contributed by atoms with van der Waals surface area (Å²) in [6.45, 7) is -0.00168. The van der Waals surface area contributed by atoms with Crippen LogP contribution >= 0.6 is 11.3 Å². The number of rotatable bonds is 1. The normalized spacial score (nSPS) is 14.6. The first kappa shape index (κ1) is 28.8. The van der Waals surface area contributed by atoms with E-state index in [0.717, 1.165) is 0 Å². The minimum absolute atomic E-state index is 0.00168. The number of fused-ring (bicyclic) bond motifs is 18. The standard InChI is InChI=1S/C51H29BN2S/c1-2-14-30(15-3-1)31-28-37-34-19-12-20-36-46-35-18-6-11-27-45(35)55-50(46)54(48(34)36)52-42-25-13-24-41-49(42)53(44(29-31)47(37)52)43-26-10-9-23-40(43)51(41)38-21-7-4-16-32(38)33-17-5-8-22-39(33)51/h1-29H. The van der Waals surface area contributed by atoms with Crippen LogP contribution in [-0.2, 0) is 5.41 Å². The zero-order valence-corrected chi connectivity index (χ0v) is 30.4. The van der Waals surface area contributed by atoms with Gasteiger partial charge in [-0.2, -0.15) is 0 Å². The summed E-state index contributed by atoms with van der Waals surface area (Å²) in [6, 6.07) is 66.7. The van der Waals surface area contributed by atoms with Crippen molar-refractivity contribution in [3.63, 3.8) is 0 Å². The predicted octanol–water partition coefficient (Wildman–Crippen LogP) is 11.8. The molecule has 0 fully saturated rings. The lowest BCUT2D eigenvalue weighted by atomic mass is 9.44. The summed E-state index contributed by atoms with van der Waals surface area (Å²) < 4.78 is 4.07. The Hall–Kier alpha value is -6.62. The average molecular weight is 713 g/mol. The molecule has 5 heterocycles. The van der Waals surface area contributed by atoms with Crippen molar-refractivity contribution in [2.24, 2.45) is 0 Å². The maximum atomic E-state index is 2.73. The van der Waals surface area contributed by atoms with Crippen LogP contribution in [0.15, 0.2) is 176 Å². The van der Waals surface area contributed by atoms with Crippen molar-refractivity contribution in [2.45, 2.75) is 5.41 Å². The topological polar surface area (TPSA) is 8.17 Å². The molecule has 8 aromatic carbocycles. The van der Waals surface area contributed by atoms with Gasteiger partial charge >= 0.3 is 6.85 Å². The third-order valence-electron chi connectivity index (χ3n) is 13.2. The van der Waals surface area contributed by atoms with Gasteiger partial charge in [-0.1, -0.05) is 152 Å². The minimum atomic E-state index is -0.464. The van der Waals surface area contributed by atoms with Gasteiger partial charge in [0.15, 0.2) is 0 Å². The zero-order chi connectivity index (χ0) is 35.6. The van der Waals surface area contributed by atoms with Gasteiger partial charge < -0.3 is 9.38 Å². The Labute approximate surface area is 322 Å².